The maximum absolute atomic E-state index is 12.4. The van der Waals surface area contributed by atoms with Crippen LogP contribution in [0.1, 0.15) is 25.5 Å². The fourth-order valence-electron chi connectivity index (χ4n) is 2.87. The first kappa shape index (κ1) is 16.5. The third kappa shape index (κ3) is 3.92. The number of hydrogen-bond donors (Lipinski definition) is 1. The molecule has 0 bridgehead atoms. The fourth-order valence-corrected chi connectivity index (χ4v) is 2.87. The van der Waals surface area contributed by atoms with Crippen molar-refractivity contribution in [1.82, 2.24) is 15.2 Å². The van der Waals surface area contributed by atoms with Gasteiger partial charge < -0.3 is 15.0 Å². The van der Waals surface area contributed by atoms with Crippen LogP contribution in [0.5, 0.6) is 0 Å². The lowest BCUT2D eigenvalue weighted by Gasteiger charge is -2.32. The highest BCUT2D eigenvalue weighted by molar-refractivity contribution is 5.75. The van der Waals surface area contributed by atoms with E-state index in [0.29, 0.717) is 19.7 Å². The van der Waals surface area contributed by atoms with Crippen molar-refractivity contribution in [2.75, 3.05) is 19.7 Å². The number of ether oxygens (including phenoxy) is 1. The van der Waals surface area contributed by atoms with Crippen molar-refractivity contribution in [2.24, 2.45) is 0 Å². The van der Waals surface area contributed by atoms with Gasteiger partial charge in [0.1, 0.15) is 0 Å². The monoisotopic (exact) mass is 325 g/mol. The normalized spacial score (nSPS) is 18.9. The van der Waals surface area contributed by atoms with Gasteiger partial charge >= 0.3 is 6.03 Å². The number of nitrogens with zero attached hydrogens (tertiary/aromatic N) is 2. The molecule has 1 saturated heterocycles. The zero-order valence-electron chi connectivity index (χ0n) is 14.1. The Morgan fingerprint density at radius 3 is 2.54 bits per heavy atom. The second-order valence-corrected chi connectivity index (χ2v) is 6.16. The van der Waals surface area contributed by atoms with Crippen LogP contribution >= 0.6 is 0 Å². The van der Waals surface area contributed by atoms with E-state index in [9.17, 15) is 4.79 Å². The predicted octanol–water partition coefficient (Wildman–Crippen LogP) is 3.24. The molecule has 126 valence electrons. The molecule has 5 heteroatoms. The molecule has 1 aromatic carbocycles. The average molecular weight is 325 g/mol. The first-order valence-electron chi connectivity index (χ1n) is 8.31. The molecule has 24 heavy (non-hydrogen) atoms. The number of aromatic nitrogens is 1. The third-order valence-corrected chi connectivity index (χ3v) is 4.29. The Labute approximate surface area is 142 Å². The molecule has 0 spiro atoms. The molecule has 1 fully saturated rings. The number of nitrogens with one attached hydrogen (secondary N) is 1. The van der Waals surface area contributed by atoms with Gasteiger partial charge in [0.25, 0.3) is 0 Å². The predicted molar refractivity (Wildman–Crippen MR) is 93.6 cm³/mol. The lowest BCUT2D eigenvalue weighted by Crippen LogP contribution is -2.49. The Bertz CT molecular complexity index is 673. The fraction of sp³-hybridized carbons (Fsp3) is 0.368. The van der Waals surface area contributed by atoms with Gasteiger partial charge in [0.05, 0.1) is 18.8 Å². The van der Waals surface area contributed by atoms with Crippen LogP contribution in [0.2, 0.25) is 0 Å². The largest absolute Gasteiger partial charge is 0.375 e. The second kappa shape index (κ2) is 7.45. The number of carbonyl (C=O) groups excluding carboxylic acids is 1. The van der Waals surface area contributed by atoms with Gasteiger partial charge in [-0.2, -0.15) is 0 Å². The van der Waals surface area contributed by atoms with Crippen molar-refractivity contribution in [3.63, 3.8) is 0 Å². The Hall–Kier alpha value is -2.40. The van der Waals surface area contributed by atoms with E-state index in [-0.39, 0.29) is 18.2 Å². The molecular weight excluding hydrogens is 302 g/mol. The number of carbonyl (C=O) groups is 1. The van der Waals surface area contributed by atoms with Crippen LogP contribution in [-0.4, -0.2) is 41.7 Å². The molecule has 0 unspecified atom stereocenters. The molecule has 1 aliphatic heterocycles. The maximum atomic E-state index is 12.4. The van der Waals surface area contributed by atoms with Crippen molar-refractivity contribution < 1.29 is 9.53 Å². The molecule has 0 saturated carbocycles. The molecule has 2 amide bonds. The molecule has 0 aliphatic carbocycles. The van der Waals surface area contributed by atoms with E-state index < -0.39 is 0 Å². The van der Waals surface area contributed by atoms with Gasteiger partial charge in [-0.1, -0.05) is 24.3 Å². The number of morpholine rings is 1. The summed E-state index contributed by atoms with van der Waals surface area (Å²) in [6.45, 7) is 5.87. The quantitative estimate of drug-likeness (QED) is 0.942. The van der Waals surface area contributed by atoms with E-state index in [2.05, 4.69) is 34.6 Å². The van der Waals surface area contributed by atoms with Crippen molar-refractivity contribution >= 4 is 6.03 Å². The van der Waals surface area contributed by atoms with Crippen LogP contribution < -0.4 is 5.32 Å². The SMILES string of the molecule is C[C@@H]1CN(C(=O)N[C@H](C)c2ccc(-c3ccncc3)cc2)CCO1. The second-order valence-electron chi connectivity index (χ2n) is 6.16. The van der Waals surface area contributed by atoms with Crippen LogP contribution in [0.15, 0.2) is 48.8 Å². The Kier molecular flexibility index (Phi) is 5.11. The number of pyridine rings is 1. The molecule has 3 rings (SSSR count). The summed E-state index contributed by atoms with van der Waals surface area (Å²) < 4.78 is 5.48. The van der Waals surface area contributed by atoms with Crippen LogP contribution in [-0.2, 0) is 4.74 Å². The lowest BCUT2D eigenvalue weighted by molar-refractivity contribution is -0.00380. The maximum Gasteiger partial charge on any atom is 0.318 e. The van der Waals surface area contributed by atoms with Crippen molar-refractivity contribution in [3.8, 4) is 11.1 Å². The average Bonchev–Trinajstić information content (AvgIpc) is 2.62. The van der Waals surface area contributed by atoms with E-state index in [0.717, 1.165) is 16.7 Å². The van der Waals surface area contributed by atoms with E-state index in [4.69, 9.17) is 4.74 Å². The van der Waals surface area contributed by atoms with Crippen molar-refractivity contribution in [2.45, 2.75) is 26.0 Å². The molecule has 1 N–H and O–H groups in total. The van der Waals surface area contributed by atoms with E-state index in [1.165, 1.54) is 0 Å². The van der Waals surface area contributed by atoms with E-state index in [1.54, 1.807) is 12.4 Å². The van der Waals surface area contributed by atoms with E-state index >= 15 is 0 Å². The Balaban J connectivity index is 1.62. The molecule has 2 aromatic rings. The van der Waals surface area contributed by atoms with Crippen LogP contribution in [0.25, 0.3) is 11.1 Å². The number of urea groups is 1. The molecule has 2 heterocycles. The van der Waals surface area contributed by atoms with Crippen molar-refractivity contribution in [1.29, 1.82) is 0 Å². The van der Waals surface area contributed by atoms with Gasteiger partial charge in [0.15, 0.2) is 0 Å². The van der Waals surface area contributed by atoms with Gasteiger partial charge in [-0.25, -0.2) is 4.79 Å². The number of rotatable bonds is 3. The lowest BCUT2D eigenvalue weighted by atomic mass is 10.0. The number of benzene rings is 1. The van der Waals surface area contributed by atoms with Crippen LogP contribution in [0.4, 0.5) is 4.79 Å². The zero-order valence-corrected chi connectivity index (χ0v) is 14.1. The molecular formula is C19H23N3O2. The van der Waals surface area contributed by atoms with E-state index in [1.807, 2.05) is 30.9 Å². The molecule has 1 aliphatic rings. The van der Waals surface area contributed by atoms with Crippen molar-refractivity contribution in [3.05, 3.63) is 54.4 Å². The topological polar surface area (TPSA) is 54.5 Å². The van der Waals surface area contributed by atoms with Gasteiger partial charge in [0, 0.05) is 25.5 Å². The minimum absolute atomic E-state index is 0.0316. The summed E-state index contributed by atoms with van der Waals surface area (Å²) in [5, 5.41) is 3.07. The summed E-state index contributed by atoms with van der Waals surface area (Å²) in [6.07, 6.45) is 3.67. The first-order chi connectivity index (χ1) is 11.6. The number of hydrogen-bond acceptors (Lipinski definition) is 3. The summed E-state index contributed by atoms with van der Waals surface area (Å²) in [4.78, 5) is 18.2. The summed E-state index contributed by atoms with van der Waals surface area (Å²) in [6, 6.07) is 12.2. The molecule has 2 atom stereocenters. The zero-order chi connectivity index (χ0) is 16.9. The van der Waals surface area contributed by atoms with Crippen LogP contribution in [0.3, 0.4) is 0 Å². The third-order valence-electron chi connectivity index (χ3n) is 4.29. The highest BCUT2D eigenvalue weighted by Gasteiger charge is 2.22. The smallest absolute Gasteiger partial charge is 0.318 e. The summed E-state index contributed by atoms with van der Waals surface area (Å²) in [7, 11) is 0. The summed E-state index contributed by atoms with van der Waals surface area (Å²) >= 11 is 0. The van der Waals surface area contributed by atoms with Crippen LogP contribution in [0, 0.1) is 0 Å². The number of amides is 2. The van der Waals surface area contributed by atoms with Gasteiger partial charge in [-0.05, 0) is 42.7 Å². The molecule has 1 aromatic heterocycles. The minimum Gasteiger partial charge on any atom is -0.375 e. The minimum atomic E-state index is -0.0397. The highest BCUT2D eigenvalue weighted by Crippen LogP contribution is 2.21. The molecule has 0 radical (unpaired) electrons. The Morgan fingerprint density at radius 2 is 1.88 bits per heavy atom. The first-order valence-corrected chi connectivity index (χ1v) is 8.31. The van der Waals surface area contributed by atoms with Gasteiger partial charge in [-0.3, -0.25) is 4.98 Å². The summed E-state index contributed by atoms with van der Waals surface area (Å²) in [5.74, 6) is 0. The van der Waals surface area contributed by atoms with Gasteiger partial charge in [-0.15, -0.1) is 0 Å². The molecule has 5 nitrogen and oxygen atoms in total. The summed E-state index contributed by atoms with van der Waals surface area (Å²) in [5.41, 5.74) is 3.36. The standard InChI is InChI=1S/C19H23N3O2/c1-14-13-22(11-12-24-14)19(23)21-15(2)16-3-5-17(6-4-16)18-7-9-20-10-8-18/h3-10,14-15H,11-13H2,1-2H3,(H,21,23)/t14-,15-/m1/s1. The highest BCUT2D eigenvalue weighted by atomic mass is 16.5. The van der Waals surface area contributed by atoms with Gasteiger partial charge in [0.2, 0.25) is 0 Å². The Morgan fingerprint density at radius 1 is 1.21 bits per heavy atom.